The first-order valence-corrected chi connectivity index (χ1v) is 8.71. The van der Waals surface area contributed by atoms with Crippen molar-refractivity contribution in [2.75, 3.05) is 0 Å². The van der Waals surface area contributed by atoms with Crippen LogP contribution in [0.3, 0.4) is 0 Å². The lowest BCUT2D eigenvalue weighted by atomic mass is 10.1. The Balaban J connectivity index is 1.60. The number of carbonyl (C=O) groups is 1. The smallest absolute Gasteiger partial charge is 0.226 e. The molecule has 3 aromatic rings. The molecule has 0 bridgehead atoms. The molecular formula is C16H15N3OS2. The zero-order chi connectivity index (χ0) is 15.4. The van der Waals surface area contributed by atoms with E-state index >= 15 is 0 Å². The molecule has 0 saturated heterocycles. The quantitative estimate of drug-likeness (QED) is 0.777. The van der Waals surface area contributed by atoms with Crippen LogP contribution in [0.15, 0.2) is 46.7 Å². The van der Waals surface area contributed by atoms with E-state index in [-0.39, 0.29) is 11.9 Å². The summed E-state index contributed by atoms with van der Waals surface area (Å²) in [7, 11) is 0. The summed E-state index contributed by atoms with van der Waals surface area (Å²) in [5, 5.41) is 9.97. The van der Waals surface area contributed by atoms with Crippen LogP contribution in [0.5, 0.6) is 0 Å². The first kappa shape index (κ1) is 14.9. The molecule has 4 nitrogen and oxygen atoms in total. The molecule has 0 aliphatic rings. The van der Waals surface area contributed by atoms with E-state index in [1.165, 1.54) is 0 Å². The Kier molecular flexibility index (Phi) is 4.60. The monoisotopic (exact) mass is 329 g/mol. The van der Waals surface area contributed by atoms with Crippen LogP contribution in [0.1, 0.15) is 24.2 Å². The number of rotatable bonds is 5. The maximum Gasteiger partial charge on any atom is 0.226 e. The van der Waals surface area contributed by atoms with E-state index in [0.29, 0.717) is 6.42 Å². The zero-order valence-corrected chi connectivity index (χ0v) is 13.7. The van der Waals surface area contributed by atoms with Gasteiger partial charge in [0.1, 0.15) is 5.01 Å². The lowest BCUT2D eigenvalue weighted by Gasteiger charge is -2.13. The van der Waals surface area contributed by atoms with E-state index in [0.717, 1.165) is 21.8 Å². The minimum absolute atomic E-state index is 0.0291. The van der Waals surface area contributed by atoms with Crippen molar-refractivity contribution in [2.45, 2.75) is 19.4 Å². The van der Waals surface area contributed by atoms with Crippen molar-refractivity contribution in [1.29, 1.82) is 0 Å². The number of hydrogen-bond donors (Lipinski definition) is 1. The maximum atomic E-state index is 12.1. The molecule has 0 aliphatic carbocycles. The number of nitrogens with zero attached hydrogens (tertiary/aromatic N) is 2. The number of carbonyl (C=O) groups excluding carboxylic acids is 1. The van der Waals surface area contributed by atoms with Crippen LogP contribution in [-0.4, -0.2) is 15.9 Å². The highest BCUT2D eigenvalue weighted by Gasteiger charge is 2.12. The Morgan fingerprint density at radius 3 is 3.00 bits per heavy atom. The minimum Gasteiger partial charge on any atom is -0.349 e. The van der Waals surface area contributed by atoms with Gasteiger partial charge in [-0.2, -0.15) is 11.3 Å². The molecule has 3 rings (SSSR count). The maximum absolute atomic E-state index is 12.1. The minimum atomic E-state index is -0.0591. The van der Waals surface area contributed by atoms with Gasteiger partial charge in [0.25, 0.3) is 0 Å². The third kappa shape index (κ3) is 3.58. The number of nitrogens with one attached hydrogen (secondary N) is 1. The third-order valence-electron chi connectivity index (χ3n) is 3.22. The average Bonchev–Trinajstić information content (AvgIpc) is 3.19. The van der Waals surface area contributed by atoms with E-state index in [9.17, 15) is 4.79 Å². The second kappa shape index (κ2) is 6.81. The zero-order valence-electron chi connectivity index (χ0n) is 12.0. The molecule has 0 spiro atoms. The molecular weight excluding hydrogens is 314 g/mol. The molecule has 0 aliphatic heterocycles. The van der Waals surface area contributed by atoms with Gasteiger partial charge in [-0.15, -0.1) is 11.3 Å². The highest BCUT2D eigenvalue weighted by atomic mass is 32.1. The average molecular weight is 329 g/mol. The van der Waals surface area contributed by atoms with Crippen molar-refractivity contribution in [2.24, 2.45) is 0 Å². The third-order valence-corrected chi connectivity index (χ3v) is 4.85. The molecule has 112 valence electrons. The molecule has 0 radical (unpaired) electrons. The van der Waals surface area contributed by atoms with Crippen molar-refractivity contribution in [1.82, 2.24) is 15.3 Å². The van der Waals surface area contributed by atoms with Crippen molar-refractivity contribution in [3.8, 4) is 10.6 Å². The predicted molar refractivity (Wildman–Crippen MR) is 89.9 cm³/mol. The molecule has 0 saturated carbocycles. The lowest BCUT2D eigenvalue weighted by molar-refractivity contribution is -0.121. The molecule has 22 heavy (non-hydrogen) atoms. The number of amides is 1. The van der Waals surface area contributed by atoms with Gasteiger partial charge in [0.15, 0.2) is 0 Å². The number of pyridine rings is 1. The van der Waals surface area contributed by atoms with Gasteiger partial charge in [0.05, 0.1) is 18.2 Å². The highest BCUT2D eigenvalue weighted by molar-refractivity contribution is 7.14. The molecule has 3 heterocycles. The fraction of sp³-hybridized carbons (Fsp3) is 0.188. The summed E-state index contributed by atoms with van der Waals surface area (Å²) >= 11 is 3.22. The lowest BCUT2D eigenvalue weighted by Crippen LogP contribution is -2.28. The predicted octanol–water partition coefficient (Wildman–Crippen LogP) is 3.69. The van der Waals surface area contributed by atoms with Gasteiger partial charge in [-0.05, 0) is 30.0 Å². The van der Waals surface area contributed by atoms with Crippen LogP contribution < -0.4 is 5.32 Å². The standard InChI is InChI=1S/C16H15N3OS2/c1-11(12-3-2-5-17-8-12)18-15(20)7-14-10-22-16(19-14)13-4-6-21-9-13/h2-6,8-11H,7H2,1H3,(H,18,20). The number of thiophene rings is 1. The molecule has 1 amide bonds. The summed E-state index contributed by atoms with van der Waals surface area (Å²) in [6.07, 6.45) is 3.78. The highest BCUT2D eigenvalue weighted by Crippen LogP contribution is 2.25. The molecule has 3 aromatic heterocycles. The van der Waals surface area contributed by atoms with Crippen molar-refractivity contribution >= 4 is 28.6 Å². The molecule has 1 N–H and O–H groups in total. The van der Waals surface area contributed by atoms with Crippen molar-refractivity contribution in [3.05, 3.63) is 58.0 Å². The van der Waals surface area contributed by atoms with Crippen LogP contribution in [-0.2, 0) is 11.2 Å². The molecule has 6 heteroatoms. The second-order valence-corrected chi connectivity index (χ2v) is 6.55. The summed E-state index contributed by atoms with van der Waals surface area (Å²) in [5.74, 6) is -0.0291. The Hall–Kier alpha value is -2.05. The Morgan fingerprint density at radius 1 is 1.36 bits per heavy atom. The van der Waals surface area contributed by atoms with E-state index in [4.69, 9.17) is 0 Å². The number of hydrogen-bond acceptors (Lipinski definition) is 5. The molecule has 0 fully saturated rings. The van der Waals surface area contributed by atoms with Crippen LogP contribution in [0, 0.1) is 0 Å². The Labute approximate surface area is 136 Å². The van der Waals surface area contributed by atoms with Crippen molar-refractivity contribution < 1.29 is 4.79 Å². The Morgan fingerprint density at radius 2 is 2.27 bits per heavy atom. The summed E-state index contributed by atoms with van der Waals surface area (Å²) in [4.78, 5) is 20.7. The van der Waals surface area contributed by atoms with Gasteiger partial charge in [-0.3, -0.25) is 9.78 Å². The van der Waals surface area contributed by atoms with Gasteiger partial charge in [0.2, 0.25) is 5.91 Å². The van der Waals surface area contributed by atoms with Gasteiger partial charge in [-0.1, -0.05) is 6.07 Å². The van der Waals surface area contributed by atoms with E-state index in [2.05, 4.69) is 20.7 Å². The van der Waals surface area contributed by atoms with Gasteiger partial charge in [-0.25, -0.2) is 4.98 Å². The van der Waals surface area contributed by atoms with Crippen LogP contribution >= 0.6 is 22.7 Å². The van der Waals surface area contributed by atoms with Crippen LogP contribution in [0.25, 0.3) is 10.6 Å². The van der Waals surface area contributed by atoms with E-state index in [1.54, 1.807) is 35.1 Å². The molecule has 1 unspecified atom stereocenters. The number of aromatic nitrogens is 2. The van der Waals surface area contributed by atoms with Gasteiger partial charge in [0, 0.05) is 28.7 Å². The van der Waals surface area contributed by atoms with E-state index in [1.807, 2.05) is 35.9 Å². The van der Waals surface area contributed by atoms with Crippen LogP contribution in [0.4, 0.5) is 0 Å². The first-order chi connectivity index (χ1) is 10.7. The normalized spacial score (nSPS) is 12.0. The molecule has 1 atom stereocenters. The second-order valence-electron chi connectivity index (χ2n) is 4.91. The summed E-state index contributed by atoms with van der Waals surface area (Å²) in [6.45, 7) is 1.95. The van der Waals surface area contributed by atoms with Gasteiger partial charge >= 0.3 is 0 Å². The van der Waals surface area contributed by atoms with Crippen molar-refractivity contribution in [3.63, 3.8) is 0 Å². The van der Waals surface area contributed by atoms with Crippen LogP contribution in [0.2, 0.25) is 0 Å². The van der Waals surface area contributed by atoms with Gasteiger partial charge < -0.3 is 5.32 Å². The largest absolute Gasteiger partial charge is 0.349 e. The summed E-state index contributed by atoms with van der Waals surface area (Å²) in [5.41, 5.74) is 2.92. The summed E-state index contributed by atoms with van der Waals surface area (Å²) < 4.78 is 0. The fourth-order valence-electron chi connectivity index (χ4n) is 2.08. The molecule has 0 aromatic carbocycles. The fourth-order valence-corrected chi connectivity index (χ4v) is 3.61. The number of thiazole rings is 1. The summed E-state index contributed by atoms with van der Waals surface area (Å²) in [6, 6.07) is 5.80. The first-order valence-electron chi connectivity index (χ1n) is 6.88. The van der Waals surface area contributed by atoms with E-state index < -0.39 is 0 Å². The SMILES string of the molecule is CC(NC(=O)Cc1csc(-c2ccsc2)n1)c1cccnc1. The Bertz CT molecular complexity index is 738. The topological polar surface area (TPSA) is 54.9 Å².